The fourth-order valence-corrected chi connectivity index (χ4v) is 5.93. The van der Waals surface area contributed by atoms with Crippen molar-refractivity contribution in [3.05, 3.63) is 71.5 Å². The van der Waals surface area contributed by atoms with E-state index in [-0.39, 0.29) is 28.6 Å². The number of hydrogen-bond acceptors (Lipinski definition) is 3. The summed E-state index contributed by atoms with van der Waals surface area (Å²) in [5, 5.41) is 6.24. The average Bonchev–Trinajstić information content (AvgIpc) is 3.20. The Morgan fingerprint density at radius 1 is 1.06 bits per heavy atom. The Hall–Kier alpha value is -2.73. The van der Waals surface area contributed by atoms with Gasteiger partial charge in [-0.05, 0) is 75.6 Å². The summed E-state index contributed by atoms with van der Waals surface area (Å²) < 4.78 is 19.3. The molecule has 0 saturated carbocycles. The van der Waals surface area contributed by atoms with Crippen molar-refractivity contribution in [1.82, 2.24) is 10.6 Å². The van der Waals surface area contributed by atoms with Crippen LogP contribution >= 0.6 is 0 Å². The number of hydrogen-bond donors (Lipinski definition) is 2. The first-order valence-corrected chi connectivity index (χ1v) is 12.7. The number of nitrogens with one attached hydrogen (secondary N) is 2. The molecule has 2 aliphatic heterocycles. The molecule has 0 spiro atoms. The van der Waals surface area contributed by atoms with E-state index in [4.69, 9.17) is 4.74 Å². The first kappa shape index (κ1) is 25.4. The standard InChI is InChI=1S/C29H37FN2O3/c1-27(2)21-28(17-19-35-27,23-6-4-3-5-7-23)16-18-31-25(33)12-14-29(15-13-26(34)32-29)20-22-8-10-24(30)11-9-22/h3-11H,12-21H2,1-2H3,(H,31,33)(H,32,34)/t28-,29-/m1/s1. The number of carbonyl (C=O) groups excluding carboxylic acids is 2. The lowest BCUT2D eigenvalue weighted by atomic mass is 9.67. The lowest BCUT2D eigenvalue weighted by Gasteiger charge is -2.45. The number of rotatable bonds is 9. The fourth-order valence-electron chi connectivity index (χ4n) is 5.93. The van der Waals surface area contributed by atoms with Gasteiger partial charge in [0.25, 0.3) is 0 Å². The lowest BCUT2D eigenvalue weighted by molar-refractivity contribution is -0.123. The highest BCUT2D eigenvalue weighted by Crippen LogP contribution is 2.43. The second kappa shape index (κ2) is 10.5. The quantitative estimate of drug-likeness (QED) is 0.540. The fraction of sp³-hybridized carbons (Fsp3) is 0.517. The van der Waals surface area contributed by atoms with Crippen LogP contribution in [0.5, 0.6) is 0 Å². The molecule has 2 amide bonds. The van der Waals surface area contributed by atoms with Gasteiger partial charge in [0.2, 0.25) is 11.8 Å². The van der Waals surface area contributed by atoms with Crippen LogP contribution in [0.2, 0.25) is 0 Å². The molecule has 2 atom stereocenters. The largest absolute Gasteiger partial charge is 0.376 e. The van der Waals surface area contributed by atoms with Crippen molar-refractivity contribution < 1.29 is 18.7 Å². The van der Waals surface area contributed by atoms with Crippen LogP contribution in [0.15, 0.2) is 54.6 Å². The zero-order valence-electron chi connectivity index (χ0n) is 20.9. The number of carbonyl (C=O) groups is 2. The summed E-state index contributed by atoms with van der Waals surface area (Å²) in [5.74, 6) is -0.266. The normalized spacial score (nSPS) is 25.7. The van der Waals surface area contributed by atoms with Crippen LogP contribution in [0.25, 0.3) is 0 Å². The van der Waals surface area contributed by atoms with Gasteiger partial charge >= 0.3 is 0 Å². The molecule has 2 aliphatic rings. The van der Waals surface area contributed by atoms with Crippen molar-refractivity contribution in [3.63, 3.8) is 0 Å². The molecular formula is C29H37FN2O3. The predicted molar refractivity (Wildman–Crippen MR) is 134 cm³/mol. The van der Waals surface area contributed by atoms with E-state index < -0.39 is 5.54 Å². The zero-order valence-corrected chi connectivity index (χ0v) is 20.9. The first-order chi connectivity index (χ1) is 16.7. The Morgan fingerprint density at radius 2 is 1.80 bits per heavy atom. The maximum Gasteiger partial charge on any atom is 0.220 e. The van der Waals surface area contributed by atoms with E-state index in [1.807, 2.05) is 6.07 Å². The molecule has 0 bridgehead atoms. The smallest absolute Gasteiger partial charge is 0.220 e. The van der Waals surface area contributed by atoms with Gasteiger partial charge in [0.15, 0.2) is 0 Å². The van der Waals surface area contributed by atoms with Gasteiger partial charge in [0.1, 0.15) is 5.82 Å². The second-order valence-corrected chi connectivity index (χ2v) is 10.9. The summed E-state index contributed by atoms with van der Waals surface area (Å²) in [5.41, 5.74) is 1.58. The maximum absolute atomic E-state index is 13.3. The van der Waals surface area contributed by atoms with E-state index >= 15 is 0 Å². The Balaban J connectivity index is 1.35. The minimum absolute atomic E-state index is 0.000776. The van der Waals surface area contributed by atoms with Gasteiger partial charge in [0, 0.05) is 36.9 Å². The van der Waals surface area contributed by atoms with Crippen LogP contribution in [-0.4, -0.2) is 36.1 Å². The summed E-state index contributed by atoms with van der Waals surface area (Å²) in [4.78, 5) is 24.9. The Labute approximate surface area is 207 Å². The first-order valence-electron chi connectivity index (χ1n) is 12.7. The van der Waals surface area contributed by atoms with E-state index in [1.165, 1.54) is 17.7 Å². The molecular weight excluding hydrogens is 443 g/mol. The van der Waals surface area contributed by atoms with Crippen molar-refractivity contribution in [2.75, 3.05) is 13.2 Å². The third-order valence-electron chi connectivity index (χ3n) is 7.67. The summed E-state index contributed by atoms with van der Waals surface area (Å²) in [6.45, 7) is 5.58. The van der Waals surface area contributed by atoms with E-state index in [9.17, 15) is 14.0 Å². The molecule has 2 heterocycles. The van der Waals surface area contributed by atoms with Crippen molar-refractivity contribution >= 4 is 11.8 Å². The molecule has 2 aromatic rings. The monoisotopic (exact) mass is 480 g/mol. The Morgan fingerprint density at radius 3 is 2.46 bits per heavy atom. The minimum atomic E-state index is -0.456. The minimum Gasteiger partial charge on any atom is -0.376 e. The molecule has 2 aromatic carbocycles. The molecule has 5 nitrogen and oxygen atoms in total. The van der Waals surface area contributed by atoms with Gasteiger partial charge < -0.3 is 15.4 Å². The molecule has 4 rings (SSSR count). The van der Waals surface area contributed by atoms with Gasteiger partial charge in [0.05, 0.1) is 5.60 Å². The van der Waals surface area contributed by atoms with Crippen LogP contribution in [0.1, 0.15) is 69.9 Å². The van der Waals surface area contributed by atoms with Crippen molar-refractivity contribution in [2.24, 2.45) is 0 Å². The number of benzene rings is 2. The molecule has 2 N–H and O–H groups in total. The molecule has 2 saturated heterocycles. The van der Waals surface area contributed by atoms with E-state index in [2.05, 4.69) is 48.7 Å². The number of ether oxygens (including phenoxy) is 1. The number of halogens is 1. The number of amides is 2. The maximum atomic E-state index is 13.3. The topological polar surface area (TPSA) is 67.4 Å². The summed E-state index contributed by atoms with van der Waals surface area (Å²) in [6.07, 6.45) is 5.34. The van der Waals surface area contributed by atoms with Crippen LogP contribution in [0, 0.1) is 5.82 Å². The highest BCUT2D eigenvalue weighted by molar-refractivity contribution is 5.80. The summed E-state index contributed by atoms with van der Waals surface area (Å²) in [7, 11) is 0. The van der Waals surface area contributed by atoms with Crippen LogP contribution in [-0.2, 0) is 26.2 Å². The lowest BCUT2D eigenvalue weighted by Crippen LogP contribution is -2.46. The third kappa shape index (κ3) is 6.49. The second-order valence-electron chi connectivity index (χ2n) is 10.9. The summed E-state index contributed by atoms with van der Waals surface area (Å²) in [6, 6.07) is 16.9. The Bertz CT molecular complexity index is 1020. The zero-order chi connectivity index (χ0) is 24.9. The SMILES string of the molecule is CC1(C)C[C@](CCNC(=O)CC[C@]2(Cc3ccc(F)cc3)CCC(=O)N2)(c2ccccc2)CCO1. The molecule has 0 unspecified atom stereocenters. The Kier molecular flexibility index (Phi) is 7.60. The predicted octanol–water partition coefficient (Wildman–Crippen LogP) is 4.83. The van der Waals surface area contributed by atoms with Crippen molar-refractivity contribution in [3.8, 4) is 0 Å². The molecule has 6 heteroatoms. The molecule has 0 aromatic heterocycles. The molecule has 2 fully saturated rings. The molecule has 188 valence electrons. The van der Waals surface area contributed by atoms with Gasteiger partial charge in [-0.15, -0.1) is 0 Å². The van der Waals surface area contributed by atoms with Crippen LogP contribution < -0.4 is 10.6 Å². The highest BCUT2D eigenvalue weighted by atomic mass is 19.1. The van der Waals surface area contributed by atoms with E-state index in [0.29, 0.717) is 45.3 Å². The van der Waals surface area contributed by atoms with E-state index in [1.54, 1.807) is 12.1 Å². The third-order valence-corrected chi connectivity index (χ3v) is 7.67. The van der Waals surface area contributed by atoms with Gasteiger partial charge in [-0.1, -0.05) is 42.5 Å². The van der Waals surface area contributed by atoms with Crippen molar-refractivity contribution in [1.29, 1.82) is 0 Å². The highest BCUT2D eigenvalue weighted by Gasteiger charge is 2.42. The molecule has 0 aliphatic carbocycles. The van der Waals surface area contributed by atoms with Gasteiger partial charge in [-0.3, -0.25) is 9.59 Å². The van der Waals surface area contributed by atoms with E-state index in [0.717, 1.165) is 24.8 Å². The average molecular weight is 481 g/mol. The van der Waals surface area contributed by atoms with Crippen LogP contribution in [0.3, 0.4) is 0 Å². The molecule has 35 heavy (non-hydrogen) atoms. The van der Waals surface area contributed by atoms with Crippen molar-refractivity contribution in [2.45, 2.75) is 81.8 Å². The van der Waals surface area contributed by atoms with Crippen LogP contribution in [0.4, 0.5) is 4.39 Å². The molecule has 0 radical (unpaired) electrons. The van der Waals surface area contributed by atoms with Gasteiger partial charge in [-0.2, -0.15) is 0 Å². The summed E-state index contributed by atoms with van der Waals surface area (Å²) >= 11 is 0. The van der Waals surface area contributed by atoms with Gasteiger partial charge in [-0.25, -0.2) is 4.39 Å².